The Hall–Kier alpha value is -2.82. The van der Waals surface area contributed by atoms with Crippen LogP contribution in [-0.4, -0.2) is 29.4 Å². The molecular weight excluding hydrogens is 316 g/mol. The number of ether oxygens (including phenoxy) is 1. The van der Waals surface area contributed by atoms with E-state index < -0.39 is 0 Å². The van der Waals surface area contributed by atoms with Gasteiger partial charge in [0.05, 0.1) is 13.2 Å². The van der Waals surface area contributed by atoms with Gasteiger partial charge in [-0.1, -0.05) is 12.1 Å². The second-order valence-corrected chi connectivity index (χ2v) is 5.99. The van der Waals surface area contributed by atoms with Gasteiger partial charge in [0.1, 0.15) is 11.3 Å². The van der Waals surface area contributed by atoms with Crippen molar-refractivity contribution in [1.29, 1.82) is 0 Å². The fraction of sp³-hybridized carbons (Fsp3) is 0.300. The van der Waals surface area contributed by atoms with Crippen molar-refractivity contribution in [2.75, 3.05) is 13.7 Å². The highest BCUT2D eigenvalue weighted by Crippen LogP contribution is 2.27. The zero-order valence-corrected chi connectivity index (χ0v) is 14.9. The molecular formula is C20H22N2O3. The molecule has 0 N–H and O–H groups in total. The SMILES string of the molecule is CCN(C(=O)c1cc2nc(C)ccc2o1)C(C)c1cccc(OC)c1. The van der Waals surface area contributed by atoms with Gasteiger partial charge in [0, 0.05) is 18.3 Å². The van der Waals surface area contributed by atoms with E-state index in [9.17, 15) is 4.79 Å². The number of carbonyl (C=O) groups is 1. The zero-order chi connectivity index (χ0) is 18.0. The summed E-state index contributed by atoms with van der Waals surface area (Å²) in [5.74, 6) is 0.939. The lowest BCUT2D eigenvalue weighted by Crippen LogP contribution is -2.33. The fourth-order valence-corrected chi connectivity index (χ4v) is 2.95. The van der Waals surface area contributed by atoms with Crippen molar-refractivity contribution in [3.05, 3.63) is 59.5 Å². The van der Waals surface area contributed by atoms with Crippen LogP contribution < -0.4 is 4.74 Å². The molecule has 0 radical (unpaired) electrons. The summed E-state index contributed by atoms with van der Waals surface area (Å²) in [5.41, 5.74) is 3.23. The lowest BCUT2D eigenvalue weighted by Gasteiger charge is -2.27. The van der Waals surface area contributed by atoms with Crippen LogP contribution in [0, 0.1) is 6.92 Å². The monoisotopic (exact) mass is 338 g/mol. The van der Waals surface area contributed by atoms with Crippen LogP contribution in [0.1, 0.15) is 41.7 Å². The number of aryl methyl sites for hydroxylation is 1. The topological polar surface area (TPSA) is 55.6 Å². The molecule has 0 saturated heterocycles. The number of hydrogen-bond acceptors (Lipinski definition) is 4. The van der Waals surface area contributed by atoms with Crippen LogP contribution in [-0.2, 0) is 0 Å². The Balaban J connectivity index is 1.91. The number of rotatable bonds is 5. The third kappa shape index (κ3) is 3.36. The van der Waals surface area contributed by atoms with E-state index in [4.69, 9.17) is 9.15 Å². The highest BCUT2D eigenvalue weighted by Gasteiger charge is 2.24. The number of pyridine rings is 1. The van der Waals surface area contributed by atoms with Crippen LogP contribution in [0.25, 0.3) is 11.1 Å². The normalized spacial score (nSPS) is 12.2. The molecule has 2 aromatic heterocycles. The predicted molar refractivity (Wildman–Crippen MR) is 96.9 cm³/mol. The minimum Gasteiger partial charge on any atom is -0.497 e. The number of aromatic nitrogens is 1. The summed E-state index contributed by atoms with van der Waals surface area (Å²) in [6.45, 7) is 6.44. The fourth-order valence-electron chi connectivity index (χ4n) is 2.95. The van der Waals surface area contributed by atoms with Crippen molar-refractivity contribution >= 4 is 17.0 Å². The summed E-state index contributed by atoms with van der Waals surface area (Å²) in [5, 5.41) is 0. The van der Waals surface area contributed by atoms with E-state index in [2.05, 4.69) is 4.98 Å². The summed E-state index contributed by atoms with van der Waals surface area (Å²) in [6.07, 6.45) is 0. The van der Waals surface area contributed by atoms with E-state index in [-0.39, 0.29) is 11.9 Å². The van der Waals surface area contributed by atoms with Crippen LogP contribution in [0.15, 0.2) is 46.9 Å². The quantitative estimate of drug-likeness (QED) is 0.693. The summed E-state index contributed by atoms with van der Waals surface area (Å²) >= 11 is 0. The Morgan fingerprint density at radius 2 is 2.08 bits per heavy atom. The van der Waals surface area contributed by atoms with Crippen LogP contribution in [0.4, 0.5) is 0 Å². The van der Waals surface area contributed by atoms with Crippen LogP contribution in [0.3, 0.4) is 0 Å². The molecule has 1 unspecified atom stereocenters. The maximum Gasteiger partial charge on any atom is 0.290 e. The maximum atomic E-state index is 13.0. The van der Waals surface area contributed by atoms with Crippen molar-refractivity contribution in [3.63, 3.8) is 0 Å². The molecule has 3 rings (SSSR count). The van der Waals surface area contributed by atoms with Crippen molar-refractivity contribution in [2.45, 2.75) is 26.8 Å². The van der Waals surface area contributed by atoms with Gasteiger partial charge >= 0.3 is 0 Å². The van der Waals surface area contributed by atoms with Crippen LogP contribution in [0.5, 0.6) is 5.75 Å². The van der Waals surface area contributed by atoms with Crippen molar-refractivity contribution in [3.8, 4) is 5.75 Å². The van der Waals surface area contributed by atoms with Crippen LogP contribution >= 0.6 is 0 Å². The third-order valence-corrected chi connectivity index (χ3v) is 4.37. The molecule has 0 aliphatic rings. The first-order valence-electron chi connectivity index (χ1n) is 8.35. The average molecular weight is 338 g/mol. The second kappa shape index (κ2) is 6.97. The highest BCUT2D eigenvalue weighted by atomic mass is 16.5. The van der Waals surface area contributed by atoms with Crippen molar-refractivity contribution < 1.29 is 13.9 Å². The van der Waals surface area contributed by atoms with Gasteiger partial charge in [-0.2, -0.15) is 0 Å². The Labute approximate surface area is 147 Å². The van der Waals surface area contributed by atoms with Gasteiger partial charge in [-0.3, -0.25) is 4.79 Å². The summed E-state index contributed by atoms with van der Waals surface area (Å²) < 4.78 is 11.0. The number of furan rings is 1. The van der Waals surface area contributed by atoms with E-state index >= 15 is 0 Å². The van der Waals surface area contributed by atoms with Crippen molar-refractivity contribution in [2.24, 2.45) is 0 Å². The van der Waals surface area contributed by atoms with E-state index in [1.807, 2.05) is 57.2 Å². The number of hydrogen-bond donors (Lipinski definition) is 0. The number of nitrogens with zero attached hydrogens (tertiary/aromatic N) is 2. The standard InChI is InChI=1S/C20H22N2O3/c1-5-22(14(3)15-7-6-8-16(11-15)24-4)20(23)19-12-17-18(25-19)10-9-13(2)21-17/h6-12,14H,5H2,1-4H3. The van der Waals surface area contributed by atoms with E-state index in [0.29, 0.717) is 23.4 Å². The van der Waals surface area contributed by atoms with Gasteiger partial charge in [-0.25, -0.2) is 4.98 Å². The molecule has 5 heteroatoms. The molecule has 1 atom stereocenters. The van der Waals surface area contributed by atoms with Gasteiger partial charge in [-0.05, 0) is 50.6 Å². The van der Waals surface area contributed by atoms with Gasteiger partial charge < -0.3 is 14.1 Å². The van der Waals surface area contributed by atoms with E-state index in [1.165, 1.54) is 0 Å². The predicted octanol–water partition coefficient (Wildman–Crippen LogP) is 4.37. The number of carbonyl (C=O) groups excluding carboxylic acids is 1. The molecule has 0 aliphatic heterocycles. The lowest BCUT2D eigenvalue weighted by atomic mass is 10.1. The molecule has 3 aromatic rings. The molecule has 2 heterocycles. The minimum absolute atomic E-state index is 0.101. The first-order valence-corrected chi connectivity index (χ1v) is 8.35. The third-order valence-electron chi connectivity index (χ3n) is 4.37. The smallest absolute Gasteiger partial charge is 0.290 e. The number of methoxy groups -OCH3 is 1. The number of amides is 1. The number of fused-ring (bicyclic) bond motifs is 1. The maximum absolute atomic E-state index is 13.0. The van der Waals surface area contributed by atoms with Gasteiger partial charge in [-0.15, -0.1) is 0 Å². The van der Waals surface area contributed by atoms with Gasteiger partial charge in [0.15, 0.2) is 11.3 Å². The Bertz CT molecular complexity index is 901. The Morgan fingerprint density at radius 1 is 1.28 bits per heavy atom. The first-order chi connectivity index (χ1) is 12.0. The Morgan fingerprint density at radius 3 is 2.80 bits per heavy atom. The summed E-state index contributed by atoms with van der Waals surface area (Å²) in [4.78, 5) is 19.2. The second-order valence-electron chi connectivity index (χ2n) is 5.99. The van der Waals surface area contributed by atoms with Gasteiger partial charge in [0.2, 0.25) is 0 Å². The lowest BCUT2D eigenvalue weighted by molar-refractivity contribution is 0.0672. The van der Waals surface area contributed by atoms with E-state index in [0.717, 1.165) is 17.0 Å². The molecule has 0 aliphatic carbocycles. The molecule has 0 bridgehead atoms. The van der Waals surface area contributed by atoms with Crippen molar-refractivity contribution in [1.82, 2.24) is 9.88 Å². The Kier molecular flexibility index (Phi) is 4.74. The largest absolute Gasteiger partial charge is 0.497 e. The molecule has 0 fully saturated rings. The minimum atomic E-state index is -0.145. The average Bonchev–Trinajstić information content (AvgIpc) is 3.05. The molecule has 0 saturated carbocycles. The summed E-state index contributed by atoms with van der Waals surface area (Å²) in [7, 11) is 1.63. The molecule has 1 aromatic carbocycles. The molecule has 25 heavy (non-hydrogen) atoms. The number of benzene rings is 1. The molecule has 130 valence electrons. The zero-order valence-electron chi connectivity index (χ0n) is 14.9. The van der Waals surface area contributed by atoms with Crippen LogP contribution in [0.2, 0.25) is 0 Å². The molecule has 5 nitrogen and oxygen atoms in total. The first kappa shape index (κ1) is 17.0. The molecule has 0 spiro atoms. The highest BCUT2D eigenvalue weighted by molar-refractivity contribution is 5.95. The van der Waals surface area contributed by atoms with E-state index in [1.54, 1.807) is 18.1 Å². The van der Waals surface area contributed by atoms with Gasteiger partial charge in [0.25, 0.3) is 5.91 Å². The molecule has 1 amide bonds. The summed E-state index contributed by atoms with van der Waals surface area (Å²) in [6, 6.07) is 13.1.